The van der Waals surface area contributed by atoms with Gasteiger partial charge in [-0.1, -0.05) is 0 Å². The van der Waals surface area contributed by atoms with Crippen molar-refractivity contribution in [2.75, 3.05) is 38.1 Å². The van der Waals surface area contributed by atoms with E-state index in [4.69, 9.17) is 4.74 Å². The molecule has 0 radical (unpaired) electrons. The summed E-state index contributed by atoms with van der Waals surface area (Å²) in [5, 5.41) is 11.3. The third-order valence-corrected chi connectivity index (χ3v) is 5.28. The number of ether oxygens (including phenoxy) is 1. The molecule has 0 aliphatic carbocycles. The molecule has 3 rings (SSSR count). The van der Waals surface area contributed by atoms with E-state index in [0.29, 0.717) is 44.2 Å². The van der Waals surface area contributed by atoms with Crippen molar-refractivity contribution < 1.29 is 19.1 Å². The van der Waals surface area contributed by atoms with E-state index in [2.05, 4.69) is 15.5 Å². The topological polar surface area (TPSA) is 115 Å². The van der Waals surface area contributed by atoms with Crippen LogP contribution in [0.2, 0.25) is 0 Å². The number of carbonyl (C=O) groups excluding carboxylic acids is 3. The first-order valence-corrected chi connectivity index (χ1v) is 10.3. The Morgan fingerprint density at radius 1 is 1.16 bits per heavy atom. The first kappa shape index (κ1) is 22.3. The van der Waals surface area contributed by atoms with Crippen LogP contribution in [0.4, 0.5) is 10.5 Å². The number of piperazine rings is 1. The molecular formula is C20H29N7O4. The first-order valence-electron chi connectivity index (χ1n) is 10.3. The average molecular weight is 431 g/mol. The standard InChI is InChI=1S/C20H29N7O4/c1-5-31-20(30)25-10-8-24(9-11-25)19(29)16(4)27-12-17(15(3)23-27)22-18(28)13-26-14(2)6-7-21-26/h6-7,12,16H,5,8-11,13H2,1-4H3,(H,22,28). The number of rotatable bonds is 6. The summed E-state index contributed by atoms with van der Waals surface area (Å²) in [5.41, 5.74) is 2.07. The highest BCUT2D eigenvalue weighted by molar-refractivity contribution is 5.91. The van der Waals surface area contributed by atoms with E-state index in [9.17, 15) is 14.4 Å². The number of amides is 3. The molecule has 31 heavy (non-hydrogen) atoms. The second-order valence-electron chi connectivity index (χ2n) is 7.47. The minimum absolute atomic E-state index is 0.0870. The Labute approximate surface area is 180 Å². The van der Waals surface area contributed by atoms with Gasteiger partial charge in [-0.05, 0) is 33.8 Å². The number of aryl methyl sites for hydroxylation is 2. The summed E-state index contributed by atoms with van der Waals surface area (Å²) in [6.07, 6.45) is 2.96. The van der Waals surface area contributed by atoms with Crippen LogP contribution in [-0.2, 0) is 20.9 Å². The van der Waals surface area contributed by atoms with Gasteiger partial charge in [-0.2, -0.15) is 10.2 Å². The highest BCUT2D eigenvalue weighted by Gasteiger charge is 2.29. The van der Waals surface area contributed by atoms with Gasteiger partial charge in [-0.15, -0.1) is 0 Å². The van der Waals surface area contributed by atoms with Gasteiger partial charge in [0.05, 0.1) is 18.0 Å². The molecule has 11 nitrogen and oxygen atoms in total. The van der Waals surface area contributed by atoms with Gasteiger partial charge in [0.15, 0.2) is 0 Å². The Hall–Kier alpha value is -3.37. The van der Waals surface area contributed by atoms with E-state index in [0.717, 1.165) is 5.69 Å². The zero-order valence-electron chi connectivity index (χ0n) is 18.4. The van der Waals surface area contributed by atoms with Crippen molar-refractivity contribution in [2.45, 2.75) is 40.3 Å². The Morgan fingerprint density at radius 2 is 1.84 bits per heavy atom. The van der Waals surface area contributed by atoms with Crippen molar-refractivity contribution in [3.05, 3.63) is 29.8 Å². The van der Waals surface area contributed by atoms with Gasteiger partial charge in [0, 0.05) is 44.3 Å². The van der Waals surface area contributed by atoms with Crippen LogP contribution >= 0.6 is 0 Å². The van der Waals surface area contributed by atoms with Gasteiger partial charge in [-0.25, -0.2) is 4.79 Å². The molecule has 11 heteroatoms. The third-order valence-electron chi connectivity index (χ3n) is 5.28. The smallest absolute Gasteiger partial charge is 0.409 e. The lowest BCUT2D eigenvalue weighted by molar-refractivity contribution is -0.136. The molecule has 1 unspecified atom stereocenters. The minimum Gasteiger partial charge on any atom is -0.450 e. The average Bonchev–Trinajstić information content (AvgIpc) is 3.32. The van der Waals surface area contributed by atoms with Crippen LogP contribution in [0.3, 0.4) is 0 Å². The van der Waals surface area contributed by atoms with E-state index in [1.165, 1.54) is 0 Å². The zero-order chi connectivity index (χ0) is 22.5. The Bertz CT molecular complexity index is 943. The lowest BCUT2D eigenvalue weighted by Crippen LogP contribution is -2.52. The van der Waals surface area contributed by atoms with Crippen molar-refractivity contribution in [3.8, 4) is 0 Å². The molecule has 0 aromatic carbocycles. The SMILES string of the molecule is CCOC(=O)N1CCN(C(=O)C(C)n2cc(NC(=O)Cn3nccc3C)c(C)n2)CC1. The summed E-state index contributed by atoms with van der Waals surface area (Å²) in [6.45, 7) is 9.36. The third kappa shape index (κ3) is 5.22. The van der Waals surface area contributed by atoms with Gasteiger partial charge in [0.1, 0.15) is 12.6 Å². The molecule has 3 heterocycles. The molecule has 0 spiro atoms. The predicted molar refractivity (Wildman–Crippen MR) is 112 cm³/mol. The lowest BCUT2D eigenvalue weighted by atomic mass is 10.2. The Balaban J connectivity index is 1.58. The maximum absolute atomic E-state index is 12.9. The largest absolute Gasteiger partial charge is 0.450 e. The Morgan fingerprint density at radius 3 is 2.45 bits per heavy atom. The summed E-state index contributed by atoms with van der Waals surface area (Å²) in [4.78, 5) is 40.4. The summed E-state index contributed by atoms with van der Waals surface area (Å²) in [7, 11) is 0. The van der Waals surface area contributed by atoms with Crippen LogP contribution in [0.1, 0.15) is 31.3 Å². The number of hydrogen-bond donors (Lipinski definition) is 1. The van der Waals surface area contributed by atoms with Crippen LogP contribution in [0, 0.1) is 13.8 Å². The van der Waals surface area contributed by atoms with Gasteiger partial charge in [0.25, 0.3) is 0 Å². The molecule has 1 aliphatic heterocycles. The Kier molecular flexibility index (Phi) is 6.93. The molecule has 1 saturated heterocycles. The number of nitrogens with one attached hydrogen (secondary N) is 1. The maximum Gasteiger partial charge on any atom is 0.409 e. The van der Waals surface area contributed by atoms with Crippen LogP contribution in [-0.4, -0.2) is 80.1 Å². The fourth-order valence-electron chi connectivity index (χ4n) is 3.39. The zero-order valence-corrected chi connectivity index (χ0v) is 18.4. The van der Waals surface area contributed by atoms with Crippen molar-refractivity contribution in [1.29, 1.82) is 0 Å². The van der Waals surface area contributed by atoms with Gasteiger partial charge in [0.2, 0.25) is 11.8 Å². The molecule has 0 bridgehead atoms. The van der Waals surface area contributed by atoms with E-state index in [1.54, 1.807) is 52.3 Å². The second-order valence-corrected chi connectivity index (χ2v) is 7.47. The van der Waals surface area contributed by atoms with E-state index in [1.807, 2.05) is 13.0 Å². The van der Waals surface area contributed by atoms with E-state index < -0.39 is 6.04 Å². The normalized spacial score (nSPS) is 15.0. The monoisotopic (exact) mass is 431 g/mol. The quantitative estimate of drug-likeness (QED) is 0.735. The van der Waals surface area contributed by atoms with E-state index in [-0.39, 0.29) is 24.5 Å². The summed E-state index contributed by atoms with van der Waals surface area (Å²) >= 11 is 0. The number of nitrogens with zero attached hydrogens (tertiary/aromatic N) is 6. The molecule has 1 atom stereocenters. The summed E-state index contributed by atoms with van der Waals surface area (Å²) < 4.78 is 8.18. The first-order chi connectivity index (χ1) is 14.8. The highest BCUT2D eigenvalue weighted by atomic mass is 16.6. The molecule has 3 amide bonds. The fourth-order valence-corrected chi connectivity index (χ4v) is 3.39. The number of aromatic nitrogens is 4. The minimum atomic E-state index is -0.535. The van der Waals surface area contributed by atoms with Crippen LogP contribution in [0.5, 0.6) is 0 Å². The van der Waals surface area contributed by atoms with Crippen LogP contribution in [0.15, 0.2) is 18.5 Å². The predicted octanol–water partition coefficient (Wildman–Crippen LogP) is 1.20. The molecule has 0 saturated carbocycles. The number of hydrogen-bond acceptors (Lipinski definition) is 6. The second kappa shape index (κ2) is 9.63. The number of anilines is 1. The van der Waals surface area contributed by atoms with Crippen LogP contribution < -0.4 is 5.32 Å². The molecule has 1 aliphatic rings. The van der Waals surface area contributed by atoms with Gasteiger partial charge < -0.3 is 19.9 Å². The maximum atomic E-state index is 12.9. The molecule has 1 N–H and O–H groups in total. The highest BCUT2D eigenvalue weighted by Crippen LogP contribution is 2.19. The van der Waals surface area contributed by atoms with Crippen molar-refractivity contribution in [1.82, 2.24) is 29.4 Å². The molecular weight excluding hydrogens is 402 g/mol. The van der Waals surface area contributed by atoms with Crippen molar-refractivity contribution >= 4 is 23.6 Å². The van der Waals surface area contributed by atoms with Crippen LogP contribution in [0.25, 0.3) is 0 Å². The molecule has 2 aromatic heterocycles. The molecule has 1 fully saturated rings. The summed E-state index contributed by atoms with van der Waals surface area (Å²) in [6, 6.07) is 1.29. The molecule has 2 aromatic rings. The summed E-state index contributed by atoms with van der Waals surface area (Å²) in [5.74, 6) is -0.306. The van der Waals surface area contributed by atoms with E-state index >= 15 is 0 Å². The van der Waals surface area contributed by atoms with Gasteiger partial charge in [-0.3, -0.25) is 19.0 Å². The van der Waals surface area contributed by atoms with Crippen molar-refractivity contribution in [3.63, 3.8) is 0 Å². The number of carbonyl (C=O) groups is 3. The fraction of sp³-hybridized carbons (Fsp3) is 0.550. The molecule has 168 valence electrons. The van der Waals surface area contributed by atoms with Crippen molar-refractivity contribution in [2.24, 2.45) is 0 Å². The lowest BCUT2D eigenvalue weighted by Gasteiger charge is -2.35. The van der Waals surface area contributed by atoms with Gasteiger partial charge >= 0.3 is 6.09 Å².